The summed E-state index contributed by atoms with van der Waals surface area (Å²) in [5, 5.41) is 19.1. The Morgan fingerprint density at radius 1 is 1.14 bits per heavy atom. The van der Waals surface area contributed by atoms with Gasteiger partial charge in [0.25, 0.3) is 0 Å². The van der Waals surface area contributed by atoms with Crippen molar-refractivity contribution >= 4 is 17.7 Å². The van der Waals surface area contributed by atoms with E-state index >= 15 is 0 Å². The van der Waals surface area contributed by atoms with E-state index in [0.29, 0.717) is 11.4 Å². The molecule has 2 amide bonds. The second-order valence-corrected chi connectivity index (χ2v) is 7.24. The average Bonchev–Trinajstić information content (AvgIpc) is 3.32. The first kappa shape index (κ1) is 25.6. The Morgan fingerprint density at radius 3 is 2.57 bits per heavy atom. The smallest absolute Gasteiger partial charge is 0.416 e. The van der Waals surface area contributed by atoms with Gasteiger partial charge in [0.05, 0.1) is 17.9 Å². The molecule has 1 unspecified atom stereocenters. The van der Waals surface area contributed by atoms with E-state index in [9.17, 15) is 27.9 Å². The van der Waals surface area contributed by atoms with Gasteiger partial charge in [-0.1, -0.05) is 6.07 Å². The number of aliphatic hydroxyl groups excluding tert-OH is 1. The van der Waals surface area contributed by atoms with Gasteiger partial charge in [-0.3, -0.25) is 0 Å². The van der Waals surface area contributed by atoms with Crippen LogP contribution in [-0.2, 0) is 10.9 Å². The maximum atomic E-state index is 12.7. The molecule has 1 aromatic heterocycles. The van der Waals surface area contributed by atoms with E-state index in [1.54, 1.807) is 37.4 Å². The predicted octanol–water partition coefficient (Wildman–Crippen LogP) is 3.63. The van der Waals surface area contributed by atoms with Crippen LogP contribution in [0.1, 0.15) is 23.0 Å². The third-order valence-corrected chi connectivity index (χ3v) is 4.57. The molecule has 0 saturated heterocycles. The summed E-state index contributed by atoms with van der Waals surface area (Å²) in [6.45, 7) is 1.45. The summed E-state index contributed by atoms with van der Waals surface area (Å²) in [6, 6.07) is 11.8. The summed E-state index contributed by atoms with van der Waals surface area (Å²) >= 11 is 0. The van der Waals surface area contributed by atoms with E-state index in [1.807, 2.05) is 0 Å². The first-order valence-electron chi connectivity index (χ1n) is 10.5. The number of amides is 2. The number of hydrogen-bond acceptors (Lipinski definition) is 6. The number of carbonyl (C=O) groups is 2. The lowest BCUT2D eigenvalue weighted by Crippen LogP contribution is -2.37. The summed E-state index contributed by atoms with van der Waals surface area (Å²) < 4.78 is 49.8. The molecule has 2 aromatic carbocycles. The summed E-state index contributed by atoms with van der Waals surface area (Å²) in [4.78, 5) is 23.8. The lowest BCUT2D eigenvalue weighted by Gasteiger charge is -2.15. The molecular formula is C23H23F3N4O5. The van der Waals surface area contributed by atoms with Crippen LogP contribution < -0.4 is 15.4 Å². The Hall–Kier alpha value is -4.06. The van der Waals surface area contributed by atoms with Crippen LogP contribution >= 0.6 is 0 Å². The van der Waals surface area contributed by atoms with Crippen molar-refractivity contribution in [2.75, 3.05) is 25.1 Å². The van der Waals surface area contributed by atoms with E-state index < -0.39 is 29.8 Å². The van der Waals surface area contributed by atoms with Gasteiger partial charge in [-0.15, -0.1) is 0 Å². The number of esters is 1. The fraction of sp³-hybridized carbons (Fsp3) is 0.261. The number of hydrogen-bond donors (Lipinski definition) is 3. The number of ether oxygens (including phenoxy) is 2. The van der Waals surface area contributed by atoms with E-state index in [4.69, 9.17) is 9.47 Å². The van der Waals surface area contributed by atoms with Crippen molar-refractivity contribution in [3.63, 3.8) is 0 Å². The minimum absolute atomic E-state index is 0.0463. The molecule has 0 fully saturated rings. The monoisotopic (exact) mass is 492 g/mol. The molecule has 3 aromatic rings. The zero-order valence-electron chi connectivity index (χ0n) is 18.6. The van der Waals surface area contributed by atoms with Crippen molar-refractivity contribution < 1.29 is 37.3 Å². The van der Waals surface area contributed by atoms with Gasteiger partial charge in [0.15, 0.2) is 5.69 Å². The van der Waals surface area contributed by atoms with Gasteiger partial charge >= 0.3 is 18.2 Å². The molecule has 0 aliphatic carbocycles. The van der Waals surface area contributed by atoms with Gasteiger partial charge < -0.3 is 25.2 Å². The zero-order valence-corrected chi connectivity index (χ0v) is 18.6. The van der Waals surface area contributed by atoms with E-state index in [0.717, 1.165) is 12.1 Å². The second-order valence-electron chi connectivity index (χ2n) is 7.24. The van der Waals surface area contributed by atoms with E-state index in [-0.39, 0.29) is 31.2 Å². The Labute approximate surface area is 198 Å². The van der Waals surface area contributed by atoms with Crippen LogP contribution in [0.25, 0.3) is 5.69 Å². The standard InChI is InChI=1S/C23H23F3N4O5/c1-2-34-21(32)20-10-11-30(29-20)17-8-6-16(7-9-17)28-22(33)27-13-18(31)14-35-19-5-3-4-15(12-19)23(24,25)26/h3-12,18,31H,2,13-14H2,1H3,(H2,27,28,33). The summed E-state index contributed by atoms with van der Waals surface area (Å²) in [7, 11) is 0. The fourth-order valence-corrected chi connectivity index (χ4v) is 2.88. The SMILES string of the molecule is CCOC(=O)c1ccn(-c2ccc(NC(=O)NCC(O)COc3cccc(C(F)(F)F)c3)cc2)n1. The van der Waals surface area contributed by atoms with Crippen molar-refractivity contribution in [1.29, 1.82) is 0 Å². The van der Waals surface area contributed by atoms with Crippen molar-refractivity contribution in [1.82, 2.24) is 15.1 Å². The number of rotatable bonds is 9. The molecule has 0 saturated carbocycles. The third kappa shape index (κ3) is 7.47. The minimum Gasteiger partial charge on any atom is -0.491 e. The van der Waals surface area contributed by atoms with Crippen molar-refractivity contribution in [2.45, 2.75) is 19.2 Å². The van der Waals surface area contributed by atoms with Gasteiger partial charge in [-0.05, 0) is 55.5 Å². The predicted molar refractivity (Wildman–Crippen MR) is 119 cm³/mol. The highest BCUT2D eigenvalue weighted by Gasteiger charge is 2.30. The quantitative estimate of drug-likeness (QED) is 0.393. The molecule has 1 heterocycles. The van der Waals surface area contributed by atoms with Crippen LogP contribution in [-0.4, -0.2) is 52.7 Å². The van der Waals surface area contributed by atoms with Gasteiger partial charge in [0, 0.05) is 18.4 Å². The zero-order chi connectivity index (χ0) is 25.4. The number of benzene rings is 2. The maximum absolute atomic E-state index is 12.7. The molecular weight excluding hydrogens is 469 g/mol. The first-order valence-corrected chi connectivity index (χ1v) is 10.5. The van der Waals surface area contributed by atoms with Crippen LogP contribution in [0.15, 0.2) is 60.8 Å². The number of urea groups is 1. The van der Waals surface area contributed by atoms with E-state index in [2.05, 4.69) is 15.7 Å². The lowest BCUT2D eigenvalue weighted by molar-refractivity contribution is -0.137. The van der Waals surface area contributed by atoms with Crippen LogP contribution in [0.5, 0.6) is 5.75 Å². The summed E-state index contributed by atoms with van der Waals surface area (Å²) in [6.07, 6.45) is -4.05. The Balaban J connectivity index is 1.44. The molecule has 35 heavy (non-hydrogen) atoms. The molecule has 3 rings (SSSR count). The fourth-order valence-electron chi connectivity index (χ4n) is 2.88. The number of aliphatic hydroxyl groups is 1. The number of halogens is 3. The molecule has 12 heteroatoms. The highest BCUT2D eigenvalue weighted by atomic mass is 19.4. The minimum atomic E-state index is -4.50. The van der Waals surface area contributed by atoms with E-state index in [1.165, 1.54) is 22.9 Å². The molecule has 0 radical (unpaired) electrons. The number of alkyl halides is 3. The molecule has 3 N–H and O–H groups in total. The molecule has 0 aliphatic rings. The molecule has 9 nitrogen and oxygen atoms in total. The summed E-state index contributed by atoms with van der Waals surface area (Å²) in [5.74, 6) is -0.571. The first-order chi connectivity index (χ1) is 16.7. The lowest BCUT2D eigenvalue weighted by atomic mass is 10.2. The topological polar surface area (TPSA) is 115 Å². The number of aromatic nitrogens is 2. The van der Waals surface area contributed by atoms with Crippen LogP contribution in [0, 0.1) is 0 Å². The average molecular weight is 492 g/mol. The van der Waals surface area contributed by atoms with Gasteiger partial charge in [-0.2, -0.15) is 18.3 Å². The highest BCUT2D eigenvalue weighted by Crippen LogP contribution is 2.31. The van der Waals surface area contributed by atoms with Gasteiger partial charge in [0.1, 0.15) is 18.5 Å². The number of carbonyl (C=O) groups excluding carboxylic acids is 2. The molecule has 0 spiro atoms. The van der Waals surface area contributed by atoms with Gasteiger partial charge in [0.2, 0.25) is 0 Å². The Bertz CT molecular complexity index is 1150. The van der Waals surface area contributed by atoms with Gasteiger partial charge in [-0.25, -0.2) is 14.3 Å². The largest absolute Gasteiger partial charge is 0.491 e. The highest BCUT2D eigenvalue weighted by molar-refractivity contribution is 5.89. The van der Waals surface area contributed by atoms with Crippen molar-refractivity contribution in [3.05, 3.63) is 72.1 Å². The molecule has 0 bridgehead atoms. The number of nitrogens with zero attached hydrogens (tertiary/aromatic N) is 2. The Kier molecular flexibility index (Phi) is 8.31. The van der Waals surface area contributed by atoms with Crippen LogP contribution in [0.4, 0.5) is 23.7 Å². The Morgan fingerprint density at radius 2 is 1.89 bits per heavy atom. The van der Waals surface area contributed by atoms with Crippen molar-refractivity contribution in [2.24, 2.45) is 0 Å². The van der Waals surface area contributed by atoms with Crippen LogP contribution in [0.2, 0.25) is 0 Å². The number of nitrogens with one attached hydrogen (secondary N) is 2. The number of anilines is 1. The molecule has 0 aliphatic heterocycles. The molecule has 186 valence electrons. The third-order valence-electron chi connectivity index (χ3n) is 4.57. The maximum Gasteiger partial charge on any atom is 0.416 e. The second kappa shape index (κ2) is 11.4. The summed E-state index contributed by atoms with van der Waals surface area (Å²) in [5.41, 5.74) is 0.413. The van der Waals surface area contributed by atoms with Crippen molar-refractivity contribution in [3.8, 4) is 11.4 Å². The van der Waals surface area contributed by atoms with Crippen LogP contribution in [0.3, 0.4) is 0 Å². The molecule has 1 atom stereocenters. The normalized spacial score (nSPS) is 12.0.